The van der Waals surface area contributed by atoms with Gasteiger partial charge >= 0.3 is 0 Å². The minimum atomic E-state index is -0.357. The summed E-state index contributed by atoms with van der Waals surface area (Å²) < 4.78 is 25.9. The number of rotatable bonds is 2. The fraction of sp³-hybridized carbons (Fsp3) is 0.500. The van der Waals surface area contributed by atoms with Gasteiger partial charge in [-0.05, 0) is 31.4 Å². The standard InChI is InChI=1S/C18H22FN3O2/c1-23-15-3-2-14-17(18(15)19)13-8-12(10-24-16(13)9-21-14)22-6-4-11(20)5-7-22/h2-3,9,11-12H,4-8,10,20H2,1H3. The number of aromatic nitrogens is 1. The number of nitrogens with zero attached hydrogens (tertiary/aromatic N) is 2. The van der Waals surface area contributed by atoms with Crippen LogP contribution in [0.3, 0.4) is 0 Å². The van der Waals surface area contributed by atoms with Crippen molar-refractivity contribution in [2.75, 3.05) is 26.8 Å². The Bertz CT molecular complexity index is 754. The van der Waals surface area contributed by atoms with E-state index in [1.165, 1.54) is 7.11 Å². The number of hydrogen-bond acceptors (Lipinski definition) is 5. The Hall–Kier alpha value is -1.92. The van der Waals surface area contributed by atoms with E-state index >= 15 is 0 Å². The molecular weight excluding hydrogens is 309 g/mol. The van der Waals surface area contributed by atoms with Gasteiger partial charge < -0.3 is 15.2 Å². The van der Waals surface area contributed by atoms with Crippen LogP contribution in [-0.2, 0) is 6.42 Å². The maximum Gasteiger partial charge on any atom is 0.174 e. The molecule has 1 aromatic heterocycles. The molecule has 1 atom stereocenters. The molecular formula is C18H22FN3O2. The van der Waals surface area contributed by atoms with Gasteiger partial charge in [-0.2, -0.15) is 0 Å². The summed E-state index contributed by atoms with van der Waals surface area (Å²) in [4.78, 5) is 6.74. The third-order valence-electron chi connectivity index (χ3n) is 5.19. The molecule has 1 unspecified atom stereocenters. The van der Waals surface area contributed by atoms with Crippen molar-refractivity contribution in [3.8, 4) is 11.5 Å². The Morgan fingerprint density at radius 1 is 1.33 bits per heavy atom. The molecule has 2 aliphatic rings. The van der Waals surface area contributed by atoms with E-state index in [4.69, 9.17) is 15.2 Å². The molecule has 1 aromatic carbocycles. The first-order valence-electron chi connectivity index (χ1n) is 8.44. The summed E-state index contributed by atoms with van der Waals surface area (Å²) in [7, 11) is 1.48. The predicted octanol–water partition coefficient (Wildman–Crippen LogP) is 2.11. The molecule has 2 aliphatic heterocycles. The van der Waals surface area contributed by atoms with Gasteiger partial charge in [-0.15, -0.1) is 0 Å². The van der Waals surface area contributed by atoms with Gasteiger partial charge in [0.05, 0.1) is 18.8 Å². The molecule has 0 spiro atoms. The first kappa shape index (κ1) is 15.6. The molecule has 1 fully saturated rings. The number of piperidine rings is 1. The molecule has 0 radical (unpaired) electrons. The van der Waals surface area contributed by atoms with Crippen LogP contribution in [0, 0.1) is 5.82 Å². The molecule has 2 aromatic rings. The summed E-state index contributed by atoms with van der Waals surface area (Å²) in [6, 6.07) is 3.96. The first-order chi connectivity index (χ1) is 11.7. The topological polar surface area (TPSA) is 60.6 Å². The van der Waals surface area contributed by atoms with Crippen molar-refractivity contribution in [2.45, 2.75) is 31.3 Å². The van der Waals surface area contributed by atoms with Gasteiger partial charge in [-0.25, -0.2) is 4.39 Å². The zero-order valence-electron chi connectivity index (χ0n) is 13.8. The molecule has 0 amide bonds. The molecule has 4 rings (SSSR count). The average molecular weight is 331 g/mol. The summed E-state index contributed by atoms with van der Waals surface area (Å²) in [5, 5.41) is 0.519. The summed E-state index contributed by atoms with van der Waals surface area (Å²) in [6.07, 6.45) is 4.46. The fourth-order valence-corrected chi connectivity index (χ4v) is 3.75. The van der Waals surface area contributed by atoms with Crippen LogP contribution in [0.4, 0.5) is 4.39 Å². The highest BCUT2D eigenvalue weighted by atomic mass is 19.1. The smallest absolute Gasteiger partial charge is 0.174 e. The Labute approximate surface area is 140 Å². The van der Waals surface area contributed by atoms with Crippen molar-refractivity contribution in [1.82, 2.24) is 9.88 Å². The molecule has 1 saturated heterocycles. The second-order valence-corrected chi connectivity index (χ2v) is 6.62. The van der Waals surface area contributed by atoms with Gasteiger partial charge in [0.15, 0.2) is 11.6 Å². The minimum Gasteiger partial charge on any atom is -0.494 e. The van der Waals surface area contributed by atoms with Crippen LogP contribution < -0.4 is 15.2 Å². The van der Waals surface area contributed by atoms with Gasteiger partial charge in [0.2, 0.25) is 0 Å². The lowest BCUT2D eigenvalue weighted by Crippen LogP contribution is -2.49. The fourth-order valence-electron chi connectivity index (χ4n) is 3.75. The van der Waals surface area contributed by atoms with E-state index in [2.05, 4.69) is 9.88 Å². The Kier molecular flexibility index (Phi) is 4.02. The quantitative estimate of drug-likeness (QED) is 0.913. The molecule has 0 saturated carbocycles. The lowest BCUT2D eigenvalue weighted by atomic mass is 9.95. The Morgan fingerprint density at radius 3 is 2.88 bits per heavy atom. The maximum absolute atomic E-state index is 14.8. The predicted molar refractivity (Wildman–Crippen MR) is 90.0 cm³/mol. The number of benzene rings is 1. The SMILES string of the molecule is COc1ccc2ncc3c(c2c1F)CC(N1CCC(N)CC1)CO3. The monoisotopic (exact) mass is 331 g/mol. The number of nitrogens with two attached hydrogens (primary N) is 1. The van der Waals surface area contributed by atoms with E-state index < -0.39 is 0 Å². The van der Waals surface area contributed by atoms with Crippen molar-refractivity contribution in [2.24, 2.45) is 5.73 Å². The molecule has 2 N–H and O–H groups in total. The van der Waals surface area contributed by atoms with Gasteiger partial charge in [-0.3, -0.25) is 9.88 Å². The number of fused-ring (bicyclic) bond motifs is 3. The Morgan fingerprint density at radius 2 is 2.12 bits per heavy atom. The molecule has 5 nitrogen and oxygen atoms in total. The van der Waals surface area contributed by atoms with Crippen LogP contribution in [0.15, 0.2) is 18.3 Å². The summed E-state index contributed by atoms with van der Waals surface area (Å²) in [5.74, 6) is 0.563. The summed E-state index contributed by atoms with van der Waals surface area (Å²) >= 11 is 0. The van der Waals surface area contributed by atoms with Gasteiger partial charge in [0.1, 0.15) is 12.4 Å². The summed E-state index contributed by atoms with van der Waals surface area (Å²) in [6.45, 7) is 2.56. The molecule has 0 bridgehead atoms. The van der Waals surface area contributed by atoms with Crippen molar-refractivity contribution in [3.63, 3.8) is 0 Å². The number of methoxy groups -OCH3 is 1. The highest BCUT2D eigenvalue weighted by Crippen LogP contribution is 2.36. The van der Waals surface area contributed by atoms with Crippen LogP contribution in [0.5, 0.6) is 11.5 Å². The third kappa shape index (κ3) is 2.59. The number of pyridine rings is 1. The second-order valence-electron chi connectivity index (χ2n) is 6.62. The zero-order valence-corrected chi connectivity index (χ0v) is 13.8. The van der Waals surface area contributed by atoms with Crippen molar-refractivity contribution >= 4 is 10.9 Å². The molecule has 6 heteroatoms. The van der Waals surface area contributed by atoms with Gasteiger partial charge in [0, 0.05) is 36.1 Å². The largest absolute Gasteiger partial charge is 0.494 e. The van der Waals surface area contributed by atoms with E-state index in [-0.39, 0.29) is 17.6 Å². The van der Waals surface area contributed by atoms with Crippen LogP contribution in [0.25, 0.3) is 10.9 Å². The lowest BCUT2D eigenvalue weighted by Gasteiger charge is -2.38. The molecule has 0 aliphatic carbocycles. The Balaban J connectivity index is 1.71. The minimum absolute atomic E-state index is 0.240. The third-order valence-corrected chi connectivity index (χ3v) is 5.19. The average Bonchev–Trinajstić information content (AvgIpc) is 2.62. The molecule has 3 heterocycles. The summed E-state index contributed by atoms with van der Waals surface area (Å²) in [5.41, 5.74) is 7.53. The van der Waals surface area contributed by atoms with Crippen LogP contribution in [-0.4, -0.2) is 48.8 Å². The van der Waals surface area contributed by atoms with Crippen molar-refractivity contribution in [1.29, 1.82) is 0 Å². The van der Waals surface area contributed by atoms with Crippen molar-refractivity contribution < 1.29 is 13.9 Å². The van der Waals surface area contributed by atoms with Crippen molar-refractivity contribution in [3.05, 3.63) is 29.7 Å². The number of halogens is 1. The number of ether oxygens (including phenoxy) is 2. The van der Waals surface area contributed by atoms with E-state index in [9.17, 15) is 4.39 Å². The number of likely N-dealkylation sites (tertiary alicyclic amines) is 1. The first-order valence-corrected chi connectivity index (χ1v) is 8.44. The van der Waals surface area contributed by atoms with Crippen LogP contribution in [0.1, 0.15) is 18.4 Å². The van der Waals surface area contributed by atoms with E-state index in [0.29, 0.717) is 29.3 Å². The maximum atomic E-state index is 14.8. The van der Waals surface area contributed by atoms with E-state index in [1.807, 2.05) is 0 Å². The van der Waals surface area contributed by atoms with E-state index in [1.54, 1.807) is 18.3 Å². The number of hydrogen-bond donors (Lipinski definition) is 1. The second kappa shape index (κ2) is 6.18. The van der Waals surface area contributed by atoms with Crippen LogP contribution in [0.2, 0.25) is 0 Å². The highest BCUT2D eigenvalue weighted by Gasteiger charge is 2.30. The zero-order chi connectivity index (χ0) is 16.7. The molecule has 128 valence electrons. The highest BCUT2D eigenvalue weighted by molar-refractivity contribution is 5.86. The van der Waals surface area contributed by atoms with Crippen LogP contribution >= 0.6 is 0 Å². The molecule has 24 heavy (non-hydrogen) atoms. The van der Waals surface area contributed by atoms with Gasteiger partial charge in [0.25, 0.3) is 0 Å². The van der Waals surface area contributed by atoms with Gasteiger partial charge in [-0.1, -0.05) is 0 Å². The van der Waals surface area contributed by atoms with E-state index in [0.717, 1.165) is 37.9 Å². The normalized spacial score (nSPS) is 22.2. The lowest BCUT2D eigenvalue weighted by molar-refractivity contribution is 0.0960.